The Morgan fingerprint density at radius 1 is 1.07 bits per heavy atom. The highest BCUT2D eigenvalue weighted by atomic mass is 19.4. The highest BCUT2D eigenvalue weighted by molar-refractivity contribution is 6.73. The van der Waals surface area contributed by atoms with Gasteiger partial charge in [0.1, 0.15) is 23.3 Å². The molecule has 1 nitrogen and oxygen atoms in total. The van der Waals surface area contributed by atoms with Crippen molar-refractivity contribution in [3.8, 4) is 6.07 Å². The van der Waals surface area contributed by atoms with Gasteiger partial charge in [-0.15, -0.1) is 5.46 Å². The molecular formula is C7H2BF5N-. The van der Waals surface area contributed by atoms with E-state index in [1.807, 2.05) is 0 Å². The molecule has 0 aromatic heterocycles. The number of nitriles is 1. The summed E-state index contributed by atoms with van der Waals surface area (Å²) in [5.41, 5.74) is -2.40. The van der Waals surface area contributed by atoms with E-state index < -0.39 is 29.6 Å². The van der Waals surface area contributed by atoms with Gasteiger partial charge >= 0.3 is 6.98 Å². The van der Waals surface area contributed by atoms with Gasteiger partial charge in [-0.2, -0.15) is 5.26 Å². The molecule has 0 radical (unpaired) electrons. The molecule has 0 bridgehead atoms. The highest BCUT2D eigenvalue weighted by Gasteiger charge is 2.27. The van der Waals surface area contributed by atoms with E-state index in [0.717, 1.165) is 6.07 Å². The molecule has 1 aromatic rings. The first-order chi connectivity index (χ1) is 6.36. The van der Waals surface area contributed by atoms with Gasteiger partial charge in [0.2, 0.25) is 0 Å². The Morgan fingerprint density at radius 3 is 1.79 bits per heavy atom. The Morgan fingerprint density at radius 2 is 1.50 bits per heavy atom. The number of halogens is 5. The van der Waals surface area contributed by atoms with Crippen LogP contribution in [0.1, 0.15) is 5.56 Å². The van der Waals surface area contributed by atoms with Crippen molar-refractivity contribution in [1.29, 1.82) is 5.26 Å². The average Bonchev–Trinajstić information content (AvgIpc) is 2.01. The van der Waals surface area contributed by atoms with E-state index in [2.05, 4.69) is 0 Å². The zero-order valence-electron chi connectivity index (χ0n) is 6.57. The number of hydrogen-bond donors (Lipinski definition) is 0. The third kappa shape index (κ3) is 1.84. The predicted octanol–water partition coefficient (Wildman–Crippen LogP) is 1.89. The second kappa shape index (κ2) is 3.29. The summed E-state index contributed by atoms with van der Waals surface area (Å²) in [7, 11) is 0. The lowest BCUT2D eigenvalue weighted by molar-refractivity contribution is 0.497. The molecule has 0 heterocycles. The van der Waals surface area contributed by atoms with Crippen LogP contribution in [0, 0.1) is 23.0 Å². The van der Waals surface area contributed by atoms with Crippen molar-refractivity contribution in [2.45, 2.75) is 0 Å². The minimum atomic E-state index is -5.45. The average molecular weight is 206 g/mol. The summed E-state index contributed by atoms with van der Waals surface area (Å²) in [6, 6.07) is 1.36. The van der Waals surface area contributed by atoms with E-state index in [-0.39, 0.29) is 12.1 Å². The standard InChI is InChI=1S/C7H2BF5N/c9-6-1-4(8(11,12)13)2-7(10)5(6)3-14/h1-2H/q-1. The summed E-state index contributed by atoms with van der Waals surface area (Å²) in [5.74, 6) is -3.00. The van der Waals surface area contributed by atoms with Crippen molar-refractivity contribution in [1.82, 2.24) is 0 Å². The first kappa shape index (κ1) is 10.5. The van der Waals surface area contributed by atoms with Gasteiger partial charge in [-0.1, -0.05) is 12.1 Å². The molecule has 14 heavy (non-hydrogen) atoms. The third-order valence-electron chi connectivity index (χ3n) is 1.55. The predicted molar refractivity (Wildman–Crippen MR) is 39.8 cm³/mol. The fourth-order valence-electron chi connectivity index (χ4n) is 0.889. The van der Waals surface area contributed by atoms with Crippen LogP contribution in [0.5, 0.6) is 0 Å². The Balaban J connectivity index is 3.37. The Bertz CT molecular complexity index is 383. The fraction of sp³-hybridized carbons (Fsp3) is 0. The maximum absolute atomic E-state index is 12.7. The Kier molecular flexibility index (Phi) is 2.47. The first-order valence-electron chi connectivity index (χ1n) is 3.45. The lowest BCUT2D eigenvalue weighted by Crippen LogP contribution is -2.34. The maximum atomic E-state index is 12.7. The minimum Gasteiger partial charge on any atom is -0.445 e. The molecule has 0 aliphatic carbocycles. The molecule has 0 spiro atoms. The van der Waals surface area contributed by atoms with E-state index in [1.54, 1.807) is 0 Å². The smallest absolute Gasteiger partial charge is 0.445 e. The van der Waals surface area contributed by atoms with Gasteiger partial charge < -0.3 is 12.9 Å². The van der Waals surface area contributed by atoms with Crippen LogP contribution in [-0.2, 0) is 0 Å². The van der Waals surface area contributed by atoms with E-state index >= 15 is 0 Å². The van der Waals surface area contributed by atoms with Crippen molar-refractivity contribution >= 4 is 12.4 Å². The van der Waals surface area contributed by atoms with Crippen LogP contribution in [-0.4, -0.2) is 6.98 Å². The first-order valence-corrected chi connectivity index (χ1v) is 3.45. The van der Waals surface area contributed by atoms with E-state index in [1.165, 1.54) is 0 Å². The number of rotatable bonds is 1. The van der Waals surface area contributed by atoms with Gasteiger partial charge in [0.15, 0.2) is 0 Å². The summed E-state index contributed by atoms with van der Waals surface area (Å²) in [6.07, 6.45) is 0. The van der Waals surface area contributed by atoms with Crippen LogP contribution in [0.4, 0.5) is 21.7 Å². The van der Waals surface area contributed by atoms with Gasteiger partial charge in [0.25, 0.3) is 0 Å². The molecule has 0 saturated carbocycles. The normalized spacial score (nSPS) is 11.1. The zero-order valence-corrected chi connectivity index (χ0v) is 6.57. The van der Waals surface area contributed by atoms with Gasteiger partial charge in [-0.25, -0.2) is 8.78 Å². The molecule has 1 aromatic carbocycles. The van der Waals surface area contributed by atoms with Crippen LogP contribution in [0.25, 0.3) is 0 Å². The number of nitrogens with zero attached hydrogens (tertiary/aromatic N) is 1. The lowest BCUT2D eigenvalue weighted by atomic mass is 9.79. The monoisotopic (exact) mass is 206 g/mol. The SMILES string of the molecule is N#Cc1c(F)cc([B-](F)(F)F)cc1F. The van der Waals surface area contributed by atoms with Crippen LogP contribution < -0.4 is 5.46 Å². The third-order valence-corrected chi connectivity index (χ3v) is 1.55. The van der Waals surface area contributed by atoms with E-state index in [4.69, 9.17) is 5.26 Å². The molecule has 0 N–H and O–H groups in total. The lowest BCUT2D eigenvalue weighted by Gasteiger charge is -2.14. The maximum Gasteiger partial charge on any atom is 0.509 e. The Labute approximate surface area is 75.8 Å². The Hall–Kier alpha value is -1.58. The van der Waals surface area contributed by atoms with Crippen molar-refractivity contribution in [3.63, 3.8) is 0 Å². The second-order valence-corrected chi connectivity index (χ2v) is 2.55. The molecule has 0 aliphatic rings. The molecular weight excluding hydrogens is 204 g/mol. The summed E-state index contributed by atoms with van der Waals surface area (Å²) in [4.78, 5) is 0. The van der Waals surface area contributed by atoms with Crippen molar-refractivity contribution in [2.75, 3.05) is 0 Å². The van der Waals surface area contributed by atoms with Crippen molar-refractivity contribution < 1.29 is 21.7 Å². The van der Waals surface area contributed by atoms with Crippen LogP contribution in [0.3, 0.4) is 0 Å². The van der Waals surface area contributed by atoms with Crippen LogP contribution in [0.2, 0.25) is 0 Å². The molecule has 0 atom stereocenters. The number of hydrogen-bond acceptors (Lipinski definition) is 1. The topological polar surface area (TPSA) is 23.8 Å². The van der Waals surface area contributed by atoms with Gasteiger partial charge in [-0.3, -0.25) is 0 Å². The van der Waals surface area contributed by atoms with E-state index in [9.17, 15) is 21.7 Å². The summed E-state index contributed by atoms with van der Waals surface area (Å²) in [5, 5.41) is 8.19. The molecule has 0 saturated heterocycles. The fourth-order valence-corrected chi connectivity index (χ4v) is 0.889. The van der Waals surface area contributed by atoms with Crippen molar-refractivity contribution in [3.05, 3.63) is 29.3 Å². The zero-order chi connectivity index (χ0) is 10.9. The van der Waals surface area contributed by atoms with Gasteiger partial charge in [0, 0.05) is 0 Å². The molecule has 0 aliphatic heterocycles. The minimum absolute atomic E-state index is 0.113. The van der Waals surface area contributed by atoms with Gasteiger partial charge in [0.05, 0.1) is 0 Å². The quantitative estimate of drug-likeness (QED) is 0.508. The van der Waals surface area contributed by atoms with E-state index in [0.29, 0.717) is 0 Å². The van der Waals surface area contributed by atoms with Crippen LogP contribution >= 0.6 is 0 Å². The molecule has 0 unspecified atom stereocenters. The summed E-state index contributed by atoms with van der Waals surface area (Å²) in [6.45, 7) is -5.45. The molecule has 74 valence electrons. The molecule has 0 fully saturated rings. The molecule has 0 amide bonds. The van der Waals surface area contributed by atoms with Crippen molar-refractivity contribution in [2.24, 2.45) is 0 Å². The molecule has 1 rings (SSSR count). The summed E-state index contributed by atoms with van der Waals surface area (Å²) < 4.78 is 61.5. The van der Waals surface area contributed by atoms with Crippen LogP contribution in [0.15, 0.2) is 12.1 Å². The van der Waals surface area contributed by atoms with Gasteiger partial charge in [-0.05, 0) is 0 Å². The number of benzene rings is 1. The largest absolute Gasteiger partial charge is 0.509 e. The second-order valence-electron chi connectivity index (χ2n) is 2.55. The highest BCUT2D eigenvalue weighted by Crippen LogP contribution is 2.14. The summed E-state index contributed by atoms with van der Waals surface area (Å²) >= 11 is 0. The molecule has 7 heteroatoms.